The number of ether oxygens (including phenoxy) is 2. The molecular weight excluding hydrogens is 168 g/mol. The molecule has 0 aromatic heterocycles. The maximum atomic E-state index is 9.26. The van der Waals surface area contributed by atoms with Crippen molar-refractivity contribution in [1.29, 1.82) is 0 Å². The van der Waals surface area contributed by atoms with Crippen molar-refractivity contribution in [3.8, 4) is 0 Å². The molecule has 0 amide bonds. The molecule has 11 heavy (non-hydrogen) atoms. The quantitative estimate of drug-likeness (QED) is 0.478. The molecule has 1 fully saturated rings. The number of rotatable bonds is 2. The van der Waals surface area contributed by atoms with Crippen molar-refractivity contribution in [3.05, 3.63) is 0 Å². The normalized spacial score (nSPS) is 44.7. The molecule has 1 rings (SSSR count). The Morgan fingerprint density at radius 2 is 2.09 bits per heavy atom. The van der Waals surface area contributed by atoms with Crippen molar-refractivity contribution in [3.63, 3.8) is 0 Å². The third-order valence-corrected chi connectivity index (χ3v) is 2.09. The number of hydrogen-bond donors (Lipinski definition) is 3. The van der Waals surface area contributed by atoms with Crippen LogP contribution in [-0.2, 0) is 9.47 Å². The lowest BCUT2D eigenvalue weighted by Gasteiger charge is -2.11. The van der Waals surface area contributed by atoms with Crippen molar-refractivity contribution in [2.75, 3.05) is 12.9 Å². The highest BCUT2D eigenvalue weighted by Crippen LogP contribution is 2.22. The van der Waals surface area contributed by atoms with E-state index in [-0.39, 0.29) is 0 Å². The molecule has 2 N–H and O–H groups in total. The van der Waals surface area contributed by atoms with Gasteiger partial charge in [-0.2, -0.15) is 12.6 Å². The Morgan fingerprint density at radius 1 is 1.45 bits per heavy atom. The summed E-state index contributed by atoms with van der Waals surface area (Å²) in [5, 5.41) is 18.5. The minimum Gasteiger partial charge on any atom is -0.387 e. The molecule has 4 unspecified atom stereocenters. The fourth-order valence-electron chi connectivity index (χ4n) is 1.06. The fourth-order valence-corrected chi connectivity index (χ4v) is 1.36. The van der Waals surface area contributed by atoms with Crippen LogP contribution in [0.5, 0.6) is 0 Å². The van der Waals surface area contributed by atoms with E-state index in [0.29, 0.717) is 5.75 Å². The highest BCUT2D eigenvalue weighted by atomic mass is 32.1. The molecule has 1 saturated heterocycles. The number of methoxy groups -OCH3 is 1. The van der Waals surface area contributed by atoms with Crippen molar-refractivity contribution < 1.29 is 19.7 Å². The summed E-state index contributed by atoms with van der Waals surface area (Å²) in [7, 11) is 1.42. The van der Waals surface area contributed by atoms with E-state index in [9.17, 15) is 10.2 Å². The molecule has 0 aliphatic carbocycles. The summed E-state index contributed by atoms with van der Waals surface area (Å²) in [6.45, 7) is 0. The van der Waals surface area contributed by atoms with Gasteiger partial charge in [-0.25, -0.2) is 0 Å². The number of aliphatic hydroxyl groups excluding tert-OH is 2. The maximum absolute atomic E-state index is 9.26. The van der Waals surface area contributed by atoms with E-state index in [1.54, 1.807) is 0 Å². The second kappa shape index (κ2) is 3.73. The number of hydrogen-bond acceptors (Lipinski definition) is 5. The third-order valence-electron chi connectivity index (χ3n) is 1.73. The van der Waals surface area contributed by atoms with Crippen molar-refractivity contribution in [2.24, 2.45) is 0 Å². The second-order valence-corrected chi connectivity index (χ2v) is 2.81. The van der Waals surface area contributed by atoms with Gasteiger partial charge in [0.05, 0.1) is 6.10 Å². The lowest BCUT2D eigenvalue weighted by molar-refractivity contribution is -0.145. The molecule has 0 aromatic rings. The predicted molar refractivity (Wildman–Crippen MR) is 41.5 cm³/mol. The van der Waals surface area contributed by atoms with Crippen LogP contribution in [-0.4, -0.2) is 47.7 Å². The van der Waals surface area contributed by atoms with Gasteiger partial charge in [-0.05, 0) is 0 Å². The summed E-state index contributed by atoms with van der Waals surface area (Å²) < 4.78 is 9.85. The van der Waals surface area contributed by atoms with Crippen LogP contribution in [0.4, 0.5) is 0 Å². The highest BCUT2D eigenvalue weighted by Gasteiger charge is 2.41. The molecule has 1 heterocycles. The van der Waals surface area contributed by atoms with Crippen LogP contribution in [0.15, 0.2) is 0 Å². The van der Waals surface area contributed by atoms with Crippen LogP contribution in [0.3, 0.4) is 0 Å². The molecule has 5 heteroatoms. The molecule has 66 valence electrons. The zero-order chi connectivity index (χ0) is 8.43. The minimum absolute atomic E-state index is 0.373. The van der Waals surface area contributed by atoms with Crippen LogP contribution in [0, 0.1) is 0 Å². The van der Waals surface area contributed by atoms with Crippen LogP contribution in [0.2, 0.25) is 0 Å². The summed E-state index contributed by atoms with van der Waals surface area (Å²) in [4.78, 5) is 0. The molecule has 4 nitrogen and oxygen atoms in total. The van der Waals surface area contributed by atoms with Gasteiger partial charge in [-0.1, -0.05) is 0 Å². The van der Waals surface area contributed by atoms with E-state index in [2.05, 4.69) is 12.6 Å². The maximum Gasteiger partial charge on any atom is 0.186 e. The van der Waals surface area contributed by atoms with Crippen LogP contribution >= 0.6 is 12.6 Å². The van der Waals surface area contributed by atoms with E-state index >= 15 is 0 Å². The van der Waals surface area contributed by atoms with Gasteiger partial charge in [0, 0.05) is 12.9 Å². The van der Waals surface area contributed by atoms with Gasteiger partial charge in [0.2, 0.25) is 0 Å². The van der Waals surface area contributed by atoms with Crippen LogP contribution in [0.1, 0.15) is 0 Å². The Bertz CT molecular complexity index is 114. The molecular formula is C6H12O4S. The van der Waals surface area contributed by atoms with Gasteiger partial charge < -0.3 is 19.7 Å². The van der Waals surface area contributed by atoms with E-state index in [4.69, 9.17) is 9.47 Å². The molecule has 0 aromatic carbocycles. The lowest BCUT2D eigenvalue weighted by atomic mass is 10.2. The van der Waals surface area contributed by atoms with Crippen LogP contribution < -0.4 is 0 Å². The van der Waals surface area contributed by atoms with Gasteiger partial charge in [-0.3, -0.25) is 0 Å². The largest absolute Gasteiger partial charge is 0.387 e. The zero-order valence-corrected chi connectivity index (χ0v) is 7.07. The highest BCUT2D eigenvalue weighted by molar-refractivity contribution is 7.80. The summed E-state index contributed by atoms with van der Waals surface area (Å²) in [5.74, 6) is 0.373. The Morgan fingerprint density at radius 3 is 2.36 bits per heavy atom. The smallest absolute Gasteiger partial charge is 0.186 e. The first-order valence-electron chi connectivity index (χ1n) is 3.36. The molecule has 0 radical (unpaired) electrons. The minimum atomic E-state index is -0.961. The Kier molecular flexibility index (Phi) is 3.15. The van der Waals surface area contributed by atoms with Gasteiger partial charge in [0.1, 0.15) is 12.2 Å². The van der Waals surface area contributed by atoms with Gasteiger partial charge >= 0.3 is 0 Å². The number of thiol groups is 1. The molecule has 0 bridgehead atoms. The second-order valence-electron chi connectivity index (χ2n) is 2.44. The molecule has 0 saturated carbocycles. The predicted octanol–water partition coefficient (Wildman–Crippen LogP) is -0.991. The van der Waals surface area contributed by atoms with Gasteiger partial charge in [-0.15, -0.1) is 0 Å². The van der Waals surface area contributed by atoms with E-state index in [0.717, 1.165) is 0 Å². The first-order valence-corrected chi connectivity index (χ1v) is 3.99. The summed E-state index contributed by atoms with van der Waals surface area (Å²) in [6.07, 6.45) is -3.00. The Balaban J connectivity index is 2.53. The molecule has 1 aliphatic rings. The standard InChI is InChI=1S/C6H12O4S/c1-9-6-5(8)4(7)3(2-11)10-6/h3-8,11H,2H2,1H3. The average Bonchev–Trinajstić information content (AvgIpc) is 2.30. The Hall–Kier alpha value is 0.190. The molecule has 1 aliphatic heterocycles. The molecule has 4 atom stereocenters. The van der Waals surface area contributed by atoms with Gasteiger partial charge in [0.25, 0.3) is 0 Å². The first-order chi connectivity index (χ1) is 5.20. The average molecular weight is 180 g/mol. The Labute approximate surface area is 70.5 Å². The van der Waals surface area contributed by atoms with E-state index in [1.165, 1.54) is 7.11 Å². The van der Waals surface area contributed by atoms with Crippen molar-refractivity contribution >= 4 is 12.6 Å². The summed E-state index contributed by atoms with van der Waals surface area (Å²) in [6, 6.07) is 0. The van der Waals surface area contributed by atoms with Crippen LogP contribution in [0.25, 0.3) is 0 Å². The lowest BCUT2D eigenvalue weighted by Crippen LogP contribution is -2.33. The summed E-state index contributed by atoms with van der Waals surface area (Å²) >= 11 is 3.94. The van der Waals surface area contributed by atoms with Crippen molar-refractivity contribution in [2.45, 2.75) is 24.6 Å². The first kappa shape index (κ1) is 9.28. The van der Waals surface area contributed by atoms with Gasteiger partial charge in [0.15, 0.2) is 6.29 Å². The topological polar surface area (TPSA) is 58.9 Å². The monoisotopic (exact) mass is 180 g/mol. The SMILES string of the molecule is COC1OC(CS)C(O)C1O. The zero-order valence-electron chi connectivity index (χ0n) is 6.17. The van der Waals surface area contributed by atoms with E-state index in [1.807, 2.05) is 0 Å². The fraction of sp³-hybridized carbons (Fsp3) is 1.00. The number of aliphatic hydroxyl groups is 2. The van der Waals surface area contributed by atoms with E-state index < -0.39 is 24.6 Å². The summed E-state index contributed by atoms with van der Waals surface area (Å²) in [5.41, 5.74) is 0. The molecule has 0 spiro atoms. The third kappa shape index (κ3) is 1.68. The van der Waals surface area contributed by atoms with Crippen molar-refractivity contribution in [1.82, 2.24) is 0 Å².